The normalized spacial score (nSPS) is 10.3. The maximum atomic E-state index is 9.18. The fourth-order valence-corrected chi connectivity index (χ4v) is 2.34. The Balaban J connectivity index is 1.93. The maximum absolute atomic E-state index is 9.18. The lowest BCUT2D eigenvalue weighted by molar-refractivity contribution is 0.956. The van der Waals surface area contributed by atoms with Crippen molar-refractivity contribution in [1.29, 1.82) is 5.26 Å². The molecule has 0 atom stereocenters. The first kappa shape index (κ1) is 13.1. The summed E-state index contributed by atoms with van der Waals surface area (Å²) in [5, 5.41) is 14.6. The van der Waals surface area contributed by atoms with Crippen molar-refractivity contribution in [1.82, 2.24) is 9.97 Å². The van der Waals surface area contributed by atoms with Crippen LogP contribution in [0.1, 0.15) is 17.1 Å². The molecular formula is C17H14N4. The lowest BCUT2D eigenvalue weighted by Gasteiger charge is -2.10. The number of anilines is 1. The van der Waals surface area contributed by atoms with E-state index in [4.69, 9.17) is 0 Å². The zero-order chi connectivity index (χ0) is 14.7. The summed E-state index contributed by atoms with van der Waals surface area (Å²) in [6.45, 7) is 2.50. The SMILES string of the molecule is Cc1nccc(CNc2ccc(C#N)c3ccccc23)n1. The first-order chi connectivity index (χ1) is 10.3. The summed E-state index contributed by atoms with van der Waals surface area (Å²) in [6, 6.07) is 15.8. The van der Waals surface area contributed by atoms with Gasteiger partial charge in [-0.3, -0.25) is 0 Å². The van der Waals surface area contributed by atoms with Gasteiger partial charge in [0.25, 0.3) is 0 Å². The molecule has 3 aromatic rings. The minimum absolute atomic E-state index is 0.624. The van der Waals surface area contributed by atoms with E-state index in [2.05, 4.69) is 21.4 Å². The molecule has 1 heterocycles. The van der Waals surface area contributed by atoms with Crippen molar-refractivity contribution < 1.29 is 0 Å². The van der Waals surface area contributed by atoms with E-state index in [1.54, 1.807) is 6.20 Å². The molecule has 0 aliphatic carbocycles. The molecule has 0 aliphatic rings. The topological polar surface area (TPSA) is 61.6 Å². The summed E-state index contributed by atoms with van der Waals surface area (Å²) < 4.78 is 0. The third-order valence-electron chi connectivity index (χ3n) is 3.34. The lowest BCUT2D eigenvalue weighted by Crippen LogP contribution is -2.03. The predicted molar refractivity (Wildman–Crippen MR) is 82.8 cm³/mol. The van der Waals surface area contributed by atoms with E-state index >= 15 is 0 Å². The third kappa shape index (κ3) is 2.67. The zero-order valence-corrected chi connectivity index (χ0v) is 11.7. The number of rotatable bonds is 3. The summed E-state index contributed by atoms with van der Waals surface area (Å²) in [5.41, 5.74) is 2.63. The van der Waals surface area contributed by atoms with Crippen LogP contribution >= 0.6 is 0 Å². The molecule has 0 saturated carbocycles. The first-order valence-electron chi connectivity index (χ1n) is 6.72. The van der Waals surface area contributed by atoms with Crippen LogP contribution in [-0.4, -0.2) is 9.97 Å². The van der Waals surface area contributed by atoms with Crippen molar-refractivity contribution in [2.75, 3.05) is 5.32 Å². The largest absolute Gasteiger partial charge is 0.379 e. The van der Waals surface area contributed by atoms with Gasteiger partial charge in [-0.1, -0.05) is 24.3 Å². The number of benzene rings is 2. The molecule has 21 heavy (non-hydrogen) atoms. The van der Waals surface area contributed by atoms with Crippen molar-refractivity contribution in [3.8, 4) is 6.07 Å². The van der Waals surface area contributed by atoms with E-state index in [0.29, 0.717) is 12.1 Å². The molecule has 0 amide bonds. The second-order valence-electron chi connectivity index (χ2n) is 4.77. The molecule has 0 bridgehead atoms. The second kappa shape index (κ2) is 5.59. The van der Waals surface area contributed by atoms with Crippen molar-refractivity contribution in [3.05, 3.63) is 65.7 Å². The Hall–Kier alpha value is -2.93. The van der Waals surface area contributed by atoms with Crippen LogP contribution in [0.25, 0.3) is 10.8 Å². The summed E-state index contributed by atoms with van der Waals surface area (Å²) in [6.07, 6.45) is 1.76. The Morgan fingerprint density at radius 1 is 1.10 bits per heavy atom. The van der Waals surface area contributed by atoms with Crippen LogP contribution in [0.5, 0.6) is 0 Å². The van der Waals surface area contributed by atoms with Gasteiger partial charge >= 0.3 is 0 Å². The van der Waals surface area contributed by atoms with Gasteiger partial charge in [0.1, 0.15) is 5.82 Å². The van der Waals surface area contributed by atoms with E-state index in [0.717, 1.165) is 28.0 Å². The van der Waals surface area contributed by atoms with Crippen molar-refractivity contribution in [2.45, 2.75) is 13.5 Å². The second-order valence-corrected chi connectivity index (χ2v) is 4.77. The molecule has 2 aromatic carbocycles. The van der Waals surface area contributed by atoms with Gasteiger partial charge in [-0.25, -0.2) is 9.97 Å². The average Bonchev–Trinajstić information content (AvgIpc) is 2.52. The quantitative estimate of drug-likeness (QED) is 0.795. The van der Waals surface area contributed by atoms with E-state index in [9.17, 15) is 5.26 Å². The number of fused-ring (bicyclic) bond motifs is 1. The van der Waals surface area contributed by atoms with Crippen LogP contribution in [0, 0.1) is 18.3 Å². The maximum Gasteiger partial charge on any atom is 0.125 e. The fraction of sp³-hybridized carbons (Fsp3) is 0.118. The van der Waals surface area contributed by atoms with Crippen LogP contribution in [0.15, 0.2) is 48.7 Å². The van der Waals surface area contributed by atoms with Crippen LogP contribution in [0.4, 0.5) is 5.69 Å². The molecule has 0 fully saturated rings. The number of aryl methyl sites for hydroxylation is 1. The Morgan fingerprint density at radius 3 is 2.67 bits per heavy atom. The van der Waals surface area contributed by atoms with Gasteiger partial charge in [-0.05, 0) is 25.1 Å². The van der Waals surface area contributed by atoms with Crippen LogP contribution in [0.2, 0.25) is 0 Å². The van der Waals surface area contributed by atoms with Crippen molar-refractivity contribution in [3.63, 3.8) is 0 Å². The molecule has 0 spiro atoms. The van der Waals surface area contributed by atoms with Gasteiger partial charge < -0.3 is 5.32 Å². The molecule has 0 saturated heterocycles. The molecule has 0 radical (unpaired) electrons. The fourth-order valence-electron chi connectivity index (χ4n) is 2.34. The summed E-state index contributed by atoms with van der Waals surface area (Å²) in [5.74, 6) is 0.763. The number of aromatic nitrogens is 2. The highest BCUT2D eigenvalue weighted by Gasteiger charge is 2.05. The van der Waals surface area contributed by atoms with Crippen LogP contribution in [0.3, 0.4) is 0 Å². The van der Waals surface area contributed by atoms with Gasteiger partial charge in [0.2, 0.25) is 0 Å². The molecule has 3 rings (SSSR count). The first-order valence-corrected chi connectivity index (χ1v) is 6.72. The minimum Gasteiger partial charge on any atom is -0.379 e. The number of nitrogens with zero attached hydrogens (tertiary/aromatic N) is 3. The molecule has 1 N–H and O–H groups in total. The number of hydrogen-bond acceptors (Lipinski definition) is 4. The highest BCUT2D eigenvalue weighted by molar-refractivity contribution is 5.97. The molecule has 0 aliphatic heterocycles. The highest BCUT2D eigenvalue weighted by Crippen LogP contribution is 2.26. The Morgan fingerprint density at radius 2 is 1.90 bits per heavy atom. The Kier molecular flexibility index (Phi) is 3.48. The van der Waals surface area contributed by atoms with Gasteiger partial charge in [0.15, 0.2) is 0 Å². The Labute approximate surface area is 123 Å². The molecule has 4 nitrogen and oxygen atoms in total. The molecular weight excluding hydrogens is 260 g/mol. The van der Waals surface area contributed by atoms with Crippen LogP contribution in [-0.2, 0) is 6.54 Å². The monoisotopic (exact) mass is 274 g/mol. The summed E-state index contributed by atoms with van der Waals surface area (Å²) >= 11 is 0. The van der Waals surface area contributed by atoms with E-state index in [1.807, 2.05) is 49.4 Å². The average molecular weight is 274 g/mol. The molecule has 4 heteroatoms. The van der Waals surface area contributed by atoms with Crippen molar-refractivity contribution >= 4 is 16.5 Å². The third-order valence-corrected chi connectivity index (χ3v) is 3.34. The van der Waals surface area contributed by atoms with Gasteiger partial charge in [0.05, 0.1) is 23.9 Å². The smallest absolute Gasteiger partial charge is 0.125 e. The predicted octanol–water partition coefficient (Wildman–Crippen LogP) is 3.42. The molecule has 1 aromatic heterocycles. The zero-order valence-electron chi connectivity index (χ0n) is 11.7. The standard InChI is InChI=1S/C17H14N4/c1-12-19-9-8-14(21-12)11-20-17-7-6-13(10-18)15-4-2-3-5-16(15)17/h2-9,20H,11H2,1H3. The molecule has 102 valence electrons. The lowest BCUT2D eigenvalue weighted by atomic mass is 10.0. The molecule has 0 unspecified atom stereocenters. The summed E-state index contributed by atoms with van der Waals surface area (Å²) in [4.78, 5) is 8.47. The number of hydrogen-bond donors (Lipinski definition) is 1. The van der Waals surface area contributed by atoms with Crippen LogP contribution < -0.4 is 5.32 Å². The highest BCUT2D eigenvalue weighted by atomic mass is 14.9. The number of nitriles is 1. The van der Waals surface area contributed by atoms with E-state index in [1.165, 1.54) is 0 Å². The number of nitrogens with one attached hydrogen (secondary N) is 1. The Bertz CT molecular complexity index is 834. The summed E-state index contributed by atoms with van der Waals surface area (Å²) in [7, 11) is 0. The van der Waals surface area contributed by atoms with E-state index < -0.39 is 0 Å². The van der Waals surface area contributed by atoms with Gasteiger partial charge in [0, 0.05) is 22.7 Å². The van der Waals surface area contributed by atoms with Crippen molar-refractivity contribution in [2.24, 2.45) is 0 Å². The van der Waals surface area contributed by atoms with E-state index in [-0.39, 0.29) is 0 Å². The van der Waals surface area contributed by atoms with Gasteiger partial charge in [-0.2, -0.15) is 5.26 Å². The van der Waals surface area contributed by atoms with Gasteiger partial charge in [-0.15, -0.1) is 0 Å². The minimum atomic E-state index is 0.624.